The molecule has 1 fully saturated rings. The monoisotopic (exact) mass is 283 g/mol. The van der Waals surface area contributed by atoms with Crippen molar-refractivity contribution in [1.82, 2.24) is 15.1 Å². The Labute approximate surface area is 119 Å². The molecular weight excluding hydrogens is 270 g/mol. The summed E-state index contributed by atoms with van der Waals surface area (Å²) in [7, 11) is 1.86. The number of aryl methyl sites for hydroxylation is 1. The van der Waals surface area contributed by atoms with Crippen LogP contribution in [0.3, 0.4) is 0 Å². The summed E-state index contributed by atoms with van der Waals surface area (Å²) in [6, 6.07) is 3.86. The van der Waals surface area contributed by atoms with E-state index in [1.807, 2.05) is 25.4 Å². The molecule has 0 saturated carbocycles. The highest BCUT2D eigenvalue weighted by molar-refractivity contribution is 6.04. The topological polar surface area (TPSA) is 77.1 Å². The van der Waals surface area contributed by atoms with Crippen molar-refractivity contribution < 1.29 is 14.0 Å². The van der Waals surface area contributed by atoms with E-state index >= 15 is 0 Å². The molecule has 21 heavy (non-hydrogen) atoms. The van der Waals surface area contributed by atoms with Gasteiger partial charge in [-0.05, 0) is 12.5 Å². The molecule has 1 aromatic carbocycles. The summed E-state index contributed by atoms with van der Waals surface area (Å²) in [5.74, 6) is -0.794. The van der Waals surface area contributed by atoms with E-state index in [0.717, 1.165) is 21.9 Å². The molecule has 1 N–H and O–H groups in total. The number of piperidine rings is 1. The SMILES string of the molecule is Cn1cc2cc3c([C@H]4CCC(=O)NC4=O)coc3cc2n1. The third-order valence-electron chi connectivity index (χ3n) is 3.96. The molecule has 0 aliphatic carbocycles. The van der Waals surface area contributed by atoms with Crippen LogP contribution in [0.1, 0.15) is 24.3 Å². The number of fused-ring (bicyclic) bond motifs is 2. The molecule has 2 aromatic heterocycles. The minimum absolute atomic E-state index is 0.210. The lowest BCUT2D eigenvalue weighted by molar-refractivity contribution is -0.134. The number of imide groups is 1. The molecule has 1 aliphatic rings. The summed E-state index contributed by atoms with van der Waals surface area (Å²) >= 11 is 0. The number of nitrogens with one attached hydrogen (secondary N) is 1. The molecule has 4 rings (SSSR count). The minimum atomic E-state index is -0.335. The normalized spacial score (nSPS) is 19.4. The lowest BCUT2D eigenvalue weighted by Crippen LogP contribution is -2.39. The van der Waals surface area contributed by atoms with E-state index in [9.17, 15) is 9.59 Å². The molecule has 3 heterocycles. The van der Waals surface area contributed by atoms with Gasteiger partial charge in [-0.25, -0.2) is 0 Å². The molecule has 6 nitrogen and oxygen atoms in total. The number of amides is 2. The van der Waals surface area contributed by atoms with Gasteiger partial charge >= 0.3 is 0 Å². The van der Waals surface area contributed by atoms with Crippen LogP contribution in [0.4, 0.5) is 0 Å². The lowest BCUT2D eigenvalue weighted by atomic mass is 9.90. The fourth-order valence-electron chi connectivity index (χ4n) is 2.95. The Morgan fingerprint density at radius 3 is 3.05 bits per heavy atom. The number of nitrogens with zero attached hydrogens (tertiary/aromatic N) is 2. The summed E-state index contributed by atoms with van der Waals surface area (Å²) < 4.78 is 7.33. The van der Waals surface area contributed by atoms with E-state index in [2.05, 4.69) is 10.4 Å². The molecule has 6 heteroatoms. The van der Waals surface area contributed by atoms with E-state index in [1.54, 1.807) is 10.9 Å². The summed E-state index contributed by atoms with van der Waals surface area (Å²) in [6.07, 6.45) is 4.42. The molecule has 2 amide bonds. The van der Waals surface area contributed by atoms with Gasteiger partial charge in [-0.3, -0.25) is 19.6 Å². The van der Waals surface area contributed by atoms with Gasteiger partial charge in [0.25, 0.3) is 0 Å². The van der Waals surface area contributed by atoms with Crippen LogP contribution in [0, 0.1) is 0 Å². The van der Waals surface area contributed by atoms with E-state index in [1.165, 1.54) is 0 Å². The van der Waals surface area contributed by atoms with Crippen LogP contribution < -0.4 is 5.32 Å². The van der Waals surface area contributed by atoms with Crippen LogP contribution >= 0.6 is 0 Å². The zero-order chi connectivity index (χ0) is 14.6. The van der Waals surface area contributed by atoms with Crippen LogP contribution in [0.15, 0.2) is 29.0 Å². The fourth-order valence-corrected chi connectivity index (χ4v) is 2.95. The molecule has 0 bridgehead atoms. The molecule has 0 radical (unpaired) electrons. The van der Waals surface area contributed by atoms with Gasteiger partial charge in [0.1, 0.15) is 5.58 Å². The quantitative estimate of drug-likeness (QED) is 0.691. The highest BCUT2D eigenvalue weighted by Crippen LogP contribution is 2.34. The average Bonchev–Trinajstić information content (AvgIpc) is 2.98. The Morgan fingerprint density at radius 2 is 2.24 bits per heavy atom. The zero-order valence-corrected chi connectivity index (χ0v) is 11.4. The second kappa shape index (κ2) is 4.18. The molecule has 0 spiro atoms. The first-order chi connectivity index (χ1) is 10.1. The van der Waals surface area contributed by atoms with Crippen molar-refractivity contribution in [3.05, 3.63) is 30.2 Å². The van der Waals surface area contributed by atoms with Gasteiger partial charge in [0.2, 0.25) is 11.8 Å². The second-order valence-corrected chi connectivity index (χ2v) is 5.40. The molecule has 1 atom stereocenters. The number of benzene rings is 1. The highest BCUT2D eigenvalue weighted by atomic mass is 16.3. The summed E-state index contributed by atoms with van der Waals surface area (Å²) in [5.41, 5.74) is 2.40. The van der Waals surface area contributed by atoms with Crippen LogP contribution in [0.5, 0.6) is 0 Å². The Morgan fingerprint density at radius 1 is 1.38 bits per heavy atom. The Balaban J connectivity index is 1.87. The predicted octanol–water partition coefficient (Wildman–Crippen LogP) is 1.84. The number of rotatable bonds is 1. The maximum atomic E-state index is 12.0. The fraction of sp³-hybridized carbons (Fsp3) is 0.267. The molecule has 0 unspecified atom stereocenters. The third-order valence-corrected chi connectivity index (χ3v) is 3.96. The van der Waals surface area contributed by atoms with Crippen molar-refractivity contribution in [3.63, 3.8) is 0 Å². The van der Waals surface area contributed by atoms with Crippen LogP contribution in [-0.4, -0.2) is 21.6 Å². The van der Waals surface area contributed by atoms with Gasteiger partial charge < -0.3 is 4.42 Å². The Kier molecular flexibility index (Phi) is 2.42. The third kappa shape index (κ3) is 1.83. The molecule has 106 valence electrons. The van der Waals surface area contributed by atoms with Crippen LogP contribution in [0.25, 0.3) is 21.9 Å². The van der Waals surface area contributed by atoms with E-state index in [-0.39, 0.29) is 17.7 Å². The first-order valence-electron chi connectivity index (χ1n) is 6.80. The summed E-state index contributed by atoms with van der Waals surface area (Å²) in [5, 5.41) is 8.64. The summed E-state index contributed by atoms with van der Waals surface area (Å²) in [4.78, 5) is 23.3. The number of aromatic nitrogens is 2. The standard InChI is InChI=1S/C15H13N3O3/c1-18-6-8-4-10-11(7-21-13(10)5-12(8)17-18)9-2-3-14(19)16-15(9)20/h4-7,9H,2-3H2,1H3,(H,16,19,20)/t9-/m1/s1. The number of hydrogen-bond donors (Lipinski definition) is 1. The van der Waals surface area contributed by atoms with E-state index in [4.69, 9.17) is 4.42 Å². The Hall–Kier alpha value is -2.63. The first-order valence-corrected chi connectivity index (χ1v) is 6.80. The van der Waals surface area contributed by atoms with Crippen molar-refractivity contribution in [2.75, 3.05) is 0 Å². The van der Waals surface area contributed by atoms with Gasteiger partial charge in [0.15, 0.2) is 0 Å². The largest absolute Gasteiger partial charge is 0.464 e. The van der Waals surface area contributed by atoms with Gasteiger partial charge in [-0.2, -0.15) is 5.10 Å². The van der Waals surface area contributed by atoms with Crippen molar-refractivity contribution in [2.24, 2.45) is 7.05 Å². The Bertz CT molecular complexity index is 890. The smallest absolute Gasteiger partial charge is 0.234 e. The maximum absolute atomic E-state index is 12.0. The minimum Gasteiger partial charge on any atom is -0.464 e. The van der Waals surface area contributed by atoms with Gasteiger partial charge in [-0.1, -0.05) is 0 Å². The number of carbonyl (C=O) groups is 2. The first kappa shape index (κ1) is 12.1. The predicted molar refractivity (Wildman–Crippen MR) is 75.6 cm³/mol. The lowest BCUT2D eigenvalue weighted by Gasteiger charge is -2.19. The molecule has 1 aliphatic heterocycles. The zero-order valence-electron chi connectivity index (χ0n) is 11.4. The second-order valence-electron chi connectivity index (χ2n) is 5.40. The van der Waals surface area contributed by atoms with Crippen molar-refractivity contribution in [2.45, 2.75) is 18.8 Å². The van der Waals surface area contributed by atoms with Crippen molar-refractivity contribution >= 4 is 33.7 Å². The number of furan rings is 1. The number of hydrogen-bond acceptors (Lipinski definition) is 4. The number of carbonyl (C=O) groups excluding carboxylic acids is 2. The molecule has 3 aromatic rings. The maximum Gasteiger partial charge on any atom is 0.234 e. The van der Waals surface area contributed by atoms with Crippen molar-refractivity contribution in [1.29, 1.82) is 0 Å². The van der Waals surface area contributed by atoms with Gasteiger partial charge in [0, 0.05) is 42.1 Å². The van der Waals surface area contributed by atoms with E-state index < -0.39 is 0 Å². The van der Waals surface area contributed by atoms with Gasteiger partial charge in [0.05, 0.1) is 17.7 Å². The molecular formula is C15H13N3O3. The van der Waals surface area contributed by atoms with Crippen LogP contribution in [-0.2, 0) is 16.6 Å². The highest BCUT2D eigenvalue weighted by Gasteiger charge is 2.30. The summed E-state index contributed by atoms with van der Waals surface area (Å²) in [6.45, 7) is 0. The van der Waals surface area contributed by atoms with E-state index in [0.29, 0.717) is 18.4 Å². The van der Waals surface area contributed by atoms with Gasteiger partial charge in [-0.15, -0.1) is 0 Å². The van der Waals surface area contributed by atoms with Crippen LogP contribution in [0.2, 0.25) is 0 Å². The molecule has 1 saturated heterocycles. The van der Waals surface area contributed by atoms with Crippen molar-refractivity contribution in [3.8, 4) is 0 Å². The average molecular weight is 283 g/mol.